The summed E-state index contributed by atoms with van der Waals surface area (Å²) in [5, 5.41) is 0.0955. The molecular weight excluding hydrogens is 267 g/mol. The van der Waals surface area contributed by atoms with Crippen LogP contribution in [0.4, 0.5) is 4.39 Å². The molecule has 0 aliphatic heterocycles. The van der Waals surface area contributed by atoms with Gasteiger partial charge in [0, 0.05) is 12.4 Å². The third kappa shape index (κ3) is 3.47. The van der Waals surface area contributed by atoms with Crippen LogP contribution in [0.3, 0.4) is 0 Å². The van der Waals surface area contributed by atoms with Gasteiger partial charge in [-0.2, -0.15) is 0 Å². The second kappa shape index (κ2) is 6.06. The number of nitrogens with two attached hydrogens (primary N) is 1. The van der Waals surface area contributed by atoms with Crippen molar-refractivity contribution >= 4 is 11.6 Å². The first kappa shape index (κ1) is 13.9. The predicted molar refractivity (Wildman–Crippen MR) is 71.9 cm³/mol. The molecule has 6 heteroatoms. The molecule has 2 rings (SSSR count). The zero-order valence-corrected chi connectivity index (χ0v) is 11.2. The van der Waals surface area contributed by atoms with Gasteiger partial charge < -0.3 is 0 Å². The maximum atomic E-state index is 13.1. The summed E-state index contributed by atoms with van der Waals surface area (Å²) in [7, 11) is 0. The van der Waals surface area contributed by atoms with Crippen LogP contribution in [0.5, 0.6) is 0 Å². The summed E-state index contributed by atoms with van der Waals surface area (Å²) in [6.45, 7) is 1.91. The summed E-state index contributed by atoms with van der Waals surface area (Å²) in [5.74, 6) is 5.68. The smallest absolute Gasteiger partial charge is 0.146 e. The maximum Gasteiger partial charge on any atom is 0.146 e. The first-order valence-corrected chi connectivity index (χ1v) is 6.16. The van der Waals surface area contributed by atoms with Gasteiger partial charge in [0.2, 0.25) is 0 Å². The predicted octanol–water partition coefficient (Wildman–Crippen LogP) is 2.32. The fourth-order valence-corrected chi connectivity index (χ4v) is 1.91. The molecule has 2 aromatic rings. The van der Waals surface area contributed by atoms with Gasteiger partial charge in [-0.15, -0.1) is 0 Å². The van der Waals surface area contributed by atoms with E-state index >= 15 is 0 Å². The second-order valence-corrected chi connectivity index (χ2v) is 4.70. The number of aromatic nitrogens is 2. The third-order valence-corrected chi connectivity index (χ3v) is 3.03. The number of hydrogen-bond donors (Lipinski definition) is 2. The highest BCUT2D eigenvalue weighted by molar-refractivity contribution is 6.30. The van der Waals surface area contributed by atoms with Gasteiger partial charge in [-0.05, 0) is 36.6 Å². The molecule has 0 amide bonds. The molecular formula is C13H14ClFN4. The molecule has 0 radical (unpaired) electrons. The van der Waals surface area contributed by atoms with Gasteiger partial charge in [-0.25, -0.2) is 19.8 Å². The summed E-state index contributed by atoms with van der Waals surface area (Å²) in [4.78, 5) is 8.45. The van der Waals surface area contributed by atoms with Crippen LogP contribution in [0.15, 0.2) is 30.6 Å². The molecule has 1 atom stereocenters. The van der Waals surface area contributed by atoms with Gasteiger partial charge in [0.1, 0.15) is 11.6 Å². The van der Waals surface area contributed by atoms with Crippen LogP contribution >= 0.6 is 11.6 Å². The van der Waals surface area contributed by atoms with E-state index in [1.165, 1.54) is 6.07 Å². The third-order valence-electron chi connectivity index (χ3n) is 2.74. The van der Waals surface area contributed by atoms with Crippen LogP contribution in [0.25, 0.3) is 0 Å². The molecule has 19 heavy (non-hydrogen) atoms. The van der Waals surface area contributed by atoms with Crippen molar-refractivity contribution in [1.29, 1.82) is 0 Å². The molecule has 0 aliphatic carbocycles. The highest BCUT2D eigenvalue weighted by atomic mass is 35.5. The maximum absolute atomic E-state index is 13.1. The van der Waals surface area contributed by atoms with E-state index in [2.05, 4.69) is 15.4 Å². The Kier molecular flexibility index (Phi) is 4.42. The minimum absolute atomic E-state index is 0.0955. The zero-order valence-electron chi connectivity index (χ0n) is 10.4. The Labute approximate surface area is 115 Å². The van der Waals surface area contributed by atoms with Gasteiger partial charge in [-0.1, -0.05) is 17.7 Å². The first-order chi connectivity index (χ1) is 9.10. The molecule has 4 nitrogen and oxygen atoms in total. The van der Waals surface area contributed by atoms with E-state index in [0.29, 0.717) is 12.2 Å². The number of rotatable bonds is 4. The second-order valence-electron chi connectivity index (χ2n) is 4.29. The molecule has 0 spiro atoms. The standard InChI is InChI=1S/C13H14ClFN4/c1-8-6-17-13(18-7-8)12(19-16)5-9-2-3-11(15)10(14)4-9/h2-4,6-7,12,19H,5,16H2,1H3. The van der Waals surface area contributed by atoms with Crippen molar-refractivity contribution in [3.05, 3.63) is 58.4 Å². The van der Waals surface area contributed by atoms with Crippen LogP contribution in [0.2, 0.25) is 5.02 Å². The number of nitrogens with zero attached hydrogens (tertiary/aromatic N) is 2. The normalized spacial score (nSPS) is 12.4. The molecule has 0 aliphatic rings. The monoisotopic (exact) mass is 280 g/mol. The van der Waals surface area contributed by atoms with Gasteiger partial charge >= 0.3 is 0 Å². The van der Waals surface area contributed by atoms with Gasteiger partial charge in [0.15, 0.2) is 0 Å². The molecule has 1 unspecified atom stereocenters. The Hall–Kier alpha value is -1.56. The molecule has 0 bridgehead atoms. The van der Waals surface area contributed by atoms with Crippen LogP contribution in [0.1, 0.15) is 23.0 Å². The zero-order chi connectivity index (χ0) is 13.8. The Morgan fingerprint density at radius 3 is 2.63 bits per heavy atom. The topological polar surface area (TPSA) is 63.8 Å². The molecule has 0 saturated carbocycles. The minimum atomic E-state index is -0.436. The average molecular weight is 281 g/mol. The summed E-state index contributed by atoms with van der Waals surface area (Å²) < 4.78 is 13.1. The van der Waals surface area contributed by atoms with E-state index in [4.69, 9.17) is 17.4 Å². The van der Waals surface area contributed by atoms with Crippen molar-refractivity contribution in [2.24, 2.45) is 5.84 Å². The molecule has 0 fully saturated rings. The van der Waals surface area contributed by atoms with E-state index in [1.807, 2.05) is 6.92 Å². The van der Waals surface area contributed by atoms with Crippen LogP contribution < -0.4 is 11.3 Å². The Morgan fingerprint density at radius 1 is 1.37 bits per heavy atom. The minimum Gasteiger partial charge on any atom is -0.271 e. The van der Waals surface area contributed by atoms with Crippen LogP contribution in [-0.4, -0.2) is 9.97 Å². The summed E-state index contributed by atoms with van der Waals surface area (Å²) in [6, 6.07) is 4.33. The fourth-order valence-electron chi connectivity index (χ4n) is 1.71. The Bertz CT molecular complexity index is 559. The number of hydrogen-bond acceptors (Lipinski definition) is 4. The number of hydrazine groups is 1. The van der Waals surface area contributed by atoms with Crippen molar-refractivity contribution in [2.75, 3.05) is 0 Å². The lowest BCUT2D eigenvalue weighted by molar-refractivity contribution is 0.521. The molecule has 0 saturated heterocycles. The average Bonchev–Trinajstić information content (AvgIpc) is 2.41. The van der Waals surface area contributed by atoms with E-state index < -0.39 is 5.82 Å². The summed E-state index contributed by atoms with van der Waals surface area (Å²) >= 11 is 5.75. The summed E-state index contributed by atoms with van der Waals surface area (Å²) in [5.41, 5.74) is 4.49. The Balaban J connectivity index is 2.18. The van der Waals surface area contributed by atoms with Crippen molar-refractivity contribution < 1.29 is 4.39 Å². The van der Waals surface area contributed by atoms with Gasteiger partial charge in [0.25, 0.3) is 0 Å². The number of aryl methyl sites for hydroxylation is 1. The lowest BCUT2D eigenvalue weighted by atomic mass is 10.1. The molecule has 100 valence electrons. The number of halogens is 2. The van der Waals surface area contributed by atoms with Gasteiger partial charge in [0.05, 0.1) is 11.1 Å². The van der Waals surface area contributed by atoms with E-state index in [1.54, 1.807) is 24.5 Å². The van der Waals surface area contributed by atoms with Crippen molar-refractivity contribution in [3.63, 3.8) is 0 Å². The number of nitrogens with one attached hydrogen (secondary N) is 1. The molecule has 1 heterocycles. The van der Waals surface area contributed by atoms with E-state index in [-0.39, 0.29) is 11.1 Å². The van der Waals surface area contributed by atoms with Crippen molar-refractivity contribution in [3.8, 4) is 0 Å². The van der Waals surface area contributed by atoms with Gasteiger partial charge in [-0.3, -0.25) is 5.84 Å². The van der Waals surface area contributed by atoms with Crippen molar-refractivity contribution in [1.82, 2.24) is 15.4 Å². The highest BCUT2D eigenvalue weighted by Crippen LogP contribution is 2.20. The van der Waals surface area contributed by atoms with Crippen LogP contribution in [-0.2, 0) is 6.42 Å². The lowest BCUT2D eigenvalue weighted by Gasteiger charge is -2.14. The molecule has 1 aromatic heterocycles. The Morgan fingerprint density at radius 2 is 2.05 bits per heavy atom. The molecule has 3 N–H and O–H groups in total. The largest absolute Gasteiger partial charge is 0.271 e. The lowest BCUT2D eigenvalue weighted by Crippen LogP contribution is -2.31. The fraction of sp³-hybridized carbons (Fsp3) is 0.231. The van der Waals surface area contributed by atoms with Crippen molar-refractivity contribution in [2.45, 2.75) is 19.4 Å². The molecule has 1 aromatic carbocycles. The summed E-state index contributed by atoms with van der Waals surface area (Å²) in [6.07, 6.45) is 3.98. The van der Waals surface area contributed by atoms with Crippen LogP contribution in [0, 0.1) is 12.7 Å². The first-order valence-electron chi connectivity index (χ1n) is 5.78. The van der Waals surface area contributed by atoms with E-state index in [0.717, 1.165) is 11.1 Å². The van der Waals surface area contributed by atoms with E-state index in [9.17, 15) is 4.39 Å². The SMILES string of the molecule is Cc1cnc(C(Cc2ccc(F)c(Cl)c2)NN)nc1. The quantitative estimate of drug-likeness (QED) is 0.666. The highest BCUT2D eigenvalue weighted by Gasteiger charge is 2.14. The number of benzene rings is 1.